The molecule has 0 aliphatic carbocycles. The fourth-order valence-corrected chi connectivity index (χ4v) is 2.00. The van der Waals surface area contributed by atoms with Crippen LogP contribution in [0.3, 0.4) is 0 Å². The predicted octanol–water partition coefficient (Wildman–Crippen LogP) is 4.65. The van der Waals surface area contributed by atoms with E-state index < -0.39 is 29.8 Å². The van der Waals surface area contributed by atoms with Crippen LogP contribution in [0.15, 0.2) is 18.2 Å². The largest absolute Gasteiger partial charge is 0.449 e. The highest BCUT2D eigenvalue weighted by Crippen LogP contribution is 2.36. The summed E-state index contributed by atoms with van der Waals surface area (Å²) in [6.07, 6.45) is -9.34. The Balaban J connectivity index is 2.74. The Kier molecular flexibility index (Phi) is 3.22. The van der Waals surface area contributed by atoms with Crippen molar-refractivity contribution in [2.45, 2.75) is 32.2 Å². The van der Waals surface area contributed by atoms with E-state index in [9.17, 15) is 26.3 Å². The van der Waals surface area contributed by atoms with Gasteiger partial charge in [0, 0.05) is 6.04 Å². The van der Waals surface area contributed by atoms with E-state index in [1.165, 1.54) is 13.8 Å². The summed E-state index contributed by atoms with van der Waals surface area (Å²) < 4.78 is 77.2. The molecule has 2 aromatic rings. The van der Waals surface area contributed by atoms with Crippen molar-refractivity contribution in [3.05, 3.63) is 29.6 Å². The monoisotopic (exact) mass is 296 g/mol. The van der Waals surface area contributed by atoms with Gasteiger partial charge in [0.25, 0.3) is 0 Å². The first-order chi connectivity index (χ1) is 9.01. The number of rotatable bonds is 1. The first-order valence-electron chi connectivity index (χ1n) is 5.68. The van der Waals surface area contributed by atoms with Crippen LogP contribution in [0.5, 0.6) is 0 Å². The van der Waals surface area contributed by atoms with Crippen LogP contribution in [0.4, 0.5) is 26.3 Å². The molecule has 0 unspecified atom stereocenters. The smallest absolute Gasteiger partial charge is 0.318 e. The normalized spacial score (nSPS) is 13.4. The fraction of sp³-hybridized carbons (Fsp3) is 0.417. The number of nitrogens with zero attached hydrogens (tertiary/aromatic N) is 2. The van der Waals surface area contributed by atoms with E-state index in [0.29, 0.717) is 6.07 Å². The van der Waals surface area contributed by atoms with Gasteiger partial charge in [-0.3, -0.25) is 0 Å². The first kappa shape index (κ1) is 14.7. The van der Waals surface area contributed by atoms with Gasteiger partial charge in [-0.05, 0) is 32.0 Å². The molecule has 1 aromatic heterocycles. The number of imidazole rings is 1. The molecule has 0 saturated heterocycles. The van der Waals surface area contributed by atoms with Crippen molar-refractivity contribution in [1.82, 2.24) is 9.55 Å². The van der Waals surface area contributed by atoms with E-state index in [2.05, 4.69) is 4.98 Å². The van der Waals surface area contributed by atoms with Gasteiger partial charge in [-0.2, -0.15) is 26.3 Å². The maximum atomic E-state index is 12.9. The number of fused-ring (bicyclic) bond motifs is 1. The molecular formula is C12H10F6N2. The van der Waals surface area contributed by atoms with Gasteiger partial charge in [0.1, 0.15) is 0 Å². The van der Waals surface area contributed by atoms with E-state index in [-0.39, 0.29) is 11.0 Å². The summed E-state index contributed by atoms with van der Waals surface area (Å²) in [6.45, 7) is 3.02. The number of benzene rings is 1. The van der Waals surface area contributed by atoms with E-state index in [1.807, 2.05) is 0 Å². The zero-order valence-electron chi connectivity index (χ0n) is 10.5. The lowest BCUT2D eigenvalue weighted by atomic mass is 10.2. The van der Waals surface area contributed by atoms with E-state index in [0.717, 1.165) is 16.7 Å². The number of alkyl halides is 6. The van der Waals surface area contributed by atoms with Crippen LogP contribution in [0.1, 0.15) is 31.3 Å². The summed E-state index contributed by atoms with van der Waals surface area (Å²) in [7, 11) is 0. The van der Waals surface area contributed by atoms with Gasteiger partial charge in [0.05, 0.1) is 16.6 Å². The summed E-state index contributed by atoms with van der Waals surface area (Å²) in [5, 5.41) is 0. The van der Waals surface area contributed by atoms with Crippen molar-refractivity contribution in [3.8, 4) is 0 Å². The Morgan fingerprint density at radius 3 is 2.05 bits per heavy atom. The third-order valence-corrected chi connectivity index (χ3v) is 2.79. The van der Waals surface area contributed by atoms with Crippen molar-refractivity contribution in [2.24, 2.45) is 0 Å². The molecule has 0 radical (unpaired) electrons. The molecule has 110 valence electrons. The molecule has 0 amide bonds. The van der Waals surface area contributed by atoms with Crippen molar-refractivity contribution < 1.29 is 26.3 Å². The highest BCUT2D eigenvalue weighted by atomic mass is 19.4. The molecule has 8 heteroatoms. The summed E-state index contributed by atoms with van der Waals surface area (Å²) >= 11 is 0. The molecule has 2 nitrogen and oxygen atoms in total. The number of halogens is 6. The van der Waals surface area contributed by atoms with Crippen LogP contribution in [-0.4, -0.2) is 9.55 Å². The van der Waals surface area contributed by atoms with Gasteiger partial charge in [-0.15, -0.1) is 0 Å². The van der Waals surface area contributed by atoms with Crippen molar-refractivity contribution in [3.63, 3.8) is 0 Å². The lowest BCUT2D eigenvalue weighted by Gasteiger charge is -2.14. The minimum absolute atomic E-state index is 0.0281. The highest BCUT2D eigenvalue weighted by molar-refractivity contribution is 5.77. The third kappa shape index (κ3) is 2.46. The Morgan fingerprint density at radius 2 is 1.60 bits per heavy atom. The third-order valence-electron chi connectivity index (χ3n) is 2.79. The molecule has 0 N–H and O–H groups in total. The molecule has 0 spiro atoms. The van der Waals surface area contributed by atoms with Crippen LogP contribution in [0.2, 0.25) is 0 Å². The maximum Gasteiger partial charge on any atom is 0.449 e. The summed E-state index contributed by atoms with van der Waals surface area (Å²) in [4.78, 5) is 3.32. The quantitative estimate of drug-likeness (QED) is 0.700. The Labute approximate surface area is 110 Å². The molecule has 0 atom stereocenters. The molecule has 0 aliphatic heterocycles. The van der Waals surface area contributed by atoms with Crippen molar-refractivity contribution in [2.75, 3.05) is 0 Å². The van der Waals surface area contributed by atoms with E-state index in [4.69, 9.17) is 0 Å². The van der Waals surface area contributed by atoms with Crippen LogP contribution < -0.4 is 0 Å². The lowest BCUT2D eigenvalue weighted by molar-refractivity contribution is -0.147. The SMILES string of the molecule is CC(C)n1c(C(F)(F)F)nc2cc(C(F)(F)F)ccc21. The topological polar surface area (TPSA) is 17.8 Å². The average Bonchev–Trinajstić information content (AvgIpc) is 2.65. The standard InChI is InChI=1S/C12H10F6N2/c1-6(2)20-9-4-3-7(11(13,14)15)5-8(9)19-10(20)12(16,17)18/h3-6H,1-2H3. The molecule has 0 bridgehead atoms. The number of hydrogen-bond donors (Lipinski definition) is 0. The summed E-state index contributed by atoms with van der Waals surface area (Å²) in [5.74, 6) is -1.19. The summed E-state index contributed by atoms with van der Waals surface area (Å²) in [5.41, 5.74) is -1.31. The van der Waals surface area contributed by atoms with Gasteiger partial charge in [-0.1, -0.05) is 0 Å². The lowest BCUT2D eigenvalue weighted by Crippen LogP contribution is -2.16. The fourth-order valence-electron chi connectivity index (χ4n) is 2.00. The Morgan fingerprint density at radius 1 is 1.00 bits per heavy atom. The van der Waals surface area contributed by atoms with Gasteiger partial charge >= 0.3 is 12.4 Å². The molecule has 20 heavy (non-hydrogen) atoms. The molecule has 1 heterocycles. The second-order valence-corrected chi connectivity index (χ2v) is 4.60. The van der Waals surface area contributed by atoms with Gasteiger partial charge in [0.2, 0.25) is 5.82 Å². The second kappa shape index (κ2) is 4.39. The van der Waals surface area contributed by atoms with E-state index >= 15 is 0 Å². The molecule has 1 aromatic carbocycles. The zero-order chi connectivity index (χ0) is 15.3. The Hall–Kier alpha value is -1.73. The average molecular weight is 296 g/mol. The van der Waals surface area contributed by atoms with Gasteiger partial charge in [0.15, 0.2) is 0 Å². The minimum Gasteiger partial charge on any atom is -0.318 e. The predicted molar refractivity (Wildman–Crippen MR) is 60.1 cm³/mol. The molecule has 0 aliphatic rings. The molecular weight excluding hydrogens is 286 g/mol. The van der Waals surface area contributed by atoms with Crippen molar-refractivity contribution >= 4 is 11.0 Å². The van der Waals surface area contributed by atoms with E-state index in [1.54, 1.807) is 0 Å². The summed E-state index contributed by atoms with van der Waals surface area (Å²) in [6, 6.07) is 1.82. The minimum atomic E-state index is -4.72. The highest BCUT2D eigenvalue weighted by Gasteiger charge is 2.39. The molecule has 0 fully saturated rings. The molecule has 2 rings (SSSR count). The van der Waals surface area contributed by atoms with Gasteiger partial charge < -0.3 is 4.57 Å². The number of hydrogen-bond acceptors (Lipinski definition) is 1. The number of aromatic nitrogens is 2. The second-order valence-electron chi connectivity index (χ2n) is 4.60. The maximum absolute atomic E-state index is 12.9. The van der Waals surface area contributed by atoms with Crippen LogP contribution in [-0.2, 0) is 12.4 Å². The van der Waals surface area contributed by atoms with Crippen LogP contribution in [0.25, 0.3) is 11.0 Å². The Bertz CT molecular complexity index is 636. The van der Waals surface area contributed by atoms with Gasteiger partial charge in [-0.25, -0.2) is 4.98 Å². The zero-order valence-corrected chi connectivity index (χ0v) is 10.5. The molecule has 0 saturated carbocycles. The van der Waals surface area contributed by atoms with Crippen molar-refractivity contribution in [1.29, 1.82) is 0 Å². The van der Waals surface area contributed by atoms with Crippen LogP contribution >= 0.6 is 0 Å². The van der Waals surface area contributed by atoms with Crippen LogP contribution in [0, 0.1) is 0 Å². The first-order valence-corrected chi connectivity index (χ1v) is 5.68.